The molecule has 4 nitrogen and oxygen atoms in total. The second-order valence-corrected chi connectivity index (χ2v) is 5.44. The van der Waals surface area contributed by atoms with Gasteiger partial charge in [-0.3, -0.25) is 4.79 Å². The molecule has 0 aliphatic rings. The minimum absolute atomic E-state index is 0.285. The summed E-state index contributed by atoms with van der Waals surface area (Å²) in [4.78, 5) is 16.4. The van der Waals surface area contributed by atoms with Crippen molar-refractivity contribution in [3.05, 3.63) is 65.5 Å². The molecule has 24 heavy (non-hydrogen) atoms. The van der Waals surface area contributed by atoms with Crippen molar-refractivity contribution in [2.24, 2.45) is 0 Å². The first kappa shape index (κ1) is 16.1. The molecule has 0 aliphatic heterocycles. The number of pyridine rings is 1. The van der Waals surface area contributed by atoms with Crippen LogP contribution in [0.15, 0.2) is 42.7 Å². The Bertz CT molecular complexity index is 889. The van der Waals surface area contributed by atoms with Gasteiger partial charge in [0.1, 0.15) is 17.3 Å². The molecule has 0 atom stereocenters. The zero-order valence-corrected chi connectivity index (χ0v) is 13.2. The van der Waals surface area contributed by atoms with Crippen LogP contribution in [0.3, 0.4) is 0 Å². The lowest BCUT2D eigenvalue weighted by molar-refractivity contribution is 0.0949. The van der Waals surface area contributed by atoms with Gasteiger partial charge in [0.25, 0.3) is 5.91 Å². The summed E-state index contributed by atoms with van der Waals surface area (Å²) in [5.74, 6) is -2.00. The second kappa shape index (κ2) is 6.78. The summed E-state index contributed by atoms with van der Waals surface area (Å²) in [5, 5.41) is 3.67. The standard InChI is InChI=1S/C18H17F2N3O/c1-2-23-11-12(14-4-3-8-21-17(14)23)7-9-22-18(24)15-10-13(19)5-6-16(15)20/h3-6,8,10-11H,2,7,9H2,1H3,(H,22,24). The van der Waals surface area contributed by atoms with Crippen molar-refractivity contribution in [1.82, 2.24) is 14.9 Å². The number of carbonyl (C=O) groups excluding carboxylic acids is 1. The molecule has 0 aliphatic carbocycles. The minimum Gasteiger partial charge on any atom is -0.352 e. The number of carbonyl (C=O) groups is 1. The first-order valence-corrected chi connectivity index (χ1v) is 7.76. The van der Waals surface area contributed by atoms with Gasteiger partial charge in [-0.2, -0.15) is 0 Å². The number of nitrogens with zero attached hydrogens (tertiary/aromatic N) is 2. The highest BCUT2D eigenvalue weighted by atomic mass is 19.1. The van der Waals surface area contributed by atoms with E-state index >= 15 is 0 Å². The largest absolute Gasteiger partial charge is 0.352 e. The van der Waals surface area contributed by atoms with Gasteiger partial charge in [0.05, 0.1) is 5.56 Å². The van der Waals surface area contributed by atoms with Crippen LogP contribution in [-0.4, -0.2) is 22.0 Å². The van der Waals surface area contributed by atoms with Gasteiger partial charge in [0, 0.05) is 30.9 Å². The van der Waals surface area contributed by atoms with E-state index < -0.39 is 17.5 Å². The number of hydrogen-bond donors (Lipinski definition) is 1. The number of halogens is 2. The summed E-state index contributed by atoms with van der Waals surface area (Å²) in [5.41, 5.74) is 1.67. The molecule has 0 unspecified atom stereocenters. The molecule has 3 aromatic rings. The fourth-order valence-corrected chi connectivity index (χ4v) is 2.71. The molecule has 1 N–H and O–H groups in total. The van der Waals surface area contributed by atoms with E-state index in [4.69, 9.17) is 0 Å². The fraction of sp³-hybridized carbons (Fsp3) is 0.222. The topological polar surface area (TPSA) is 46.9 Å². The van der Waals surface area contributed by atoms with Gasteiger partial charge in [-0.05, 0) is 49.2 Å². The minimum atomic E-state index is -0.735. The van der Waals surface area contributed by atoms with E-state index in [0.717, 1.165) is 41.3 Å². The molecule has 2 heterocycles. The van der Waals surface area contributed by atoms with Gasteiger partial charge < -0.3 is 9.88 Å². The van der Waals surface area contributed by atoms with Crippen molar-refractivity contribution < 1.29 is 13.6 Å². The number of rotatable bonds is 5. The molecule has 6 heteroatoms. The number of fused-ring (bicyclic) bond motifs is 1. The summed E-state index contributed by atoms with van der Waals surface area (Å²) in [6, 6.07) is 6.69. The fourth-order valence-electron chi connectivity index (χ4n) is 2.71. The number of amides is 1. The van der Waals surface area contributed by atoms with Crippen LogP contribution in [0.5, 0.6) is 0 Å². The molecule has 2 aromatic heterocycles. The SMILES string of the molecule is CCn1cc(CCNC(=O)c2cc(F)ccc2F)c2cccnc21. The van der Waals surface area contributed by atoms with E-state index in [1.54, 1.807) is 6.20 Å². The summed E-state index contributed by atoms with van der Waals surface area (Å²) < 4.78 is 28.8. The Balaban J connectivity index is 1.71. The van der Waals surface area contributed by atoms with Crippen LogP contribution in [0.2, 0.25) is 0 Å². The summed E-state index contributed by atoms with van der Waals surface area (Å²) in [7, 11) is 0. The van der Waals surface area contributed by atoms with E-state index in [1.807, 2.05) is 29.8 Å². The molecule has 1 aromatic carbocycles. The van der Waals surface area contributed by atoms with Crippen LogP contribution >= 0.6 is 0 Å². The highest BCUT2D eigenvalue weighted by Gasteiger charge is 2.13. The summed E-state index contributed by atoms with van der Waals surface area (Å²) in [6.07, 6.45) is 4.33. The predicted molar refractivity (Wildman–Crippen MR) is 87.8 cm³/mol. The zero-order valence-electron chi connectivity index (χ0n) is 13.2. The predicted octanol–water partition coefficient (Wildman–Crippen LogP) is 3.31. The third kappa shape index (κ3) is 3.13. The van der Waals surface area contributed by atoms with Crippen molar-refractivity contribution in [1.29, 1.82) is 0 Å². The van der Waals surface area contributed by atoms with Crippen molar-refractivity contribution in [2.45, 2.75) is 19.9 Å². The van der Waals surface area contributed by atoms with Crippen molar-refractivity contribution in [3.63, 3.8) is 0 Å². The molecule has 0 fully saturated rings. The number of aromatic nitrogens is 2. The average molecular weight is 329 g/mol. The molecular formula is C18H17F2N3O. The van der Waals surface area contributed by atoms with E-state index in [0.29, 0.717) is 13.0 Å². The van der Waals surface area contributed by atoms with Crippen LogP contribution in [0.4, 0.5) is 8.78 Å². The van der Waals surface area contributed by atoms with Gasteiger partial charge in [-0.25, -0.2) is 13.8 Å². The Morgan fingerprint density at radius 3 is 2.92 bits per heavy atom. The lowest BCUT2D eigenvalue weighted by atomic mass is 10.1. The first-order valence-electron chi connectivity index (χ1n) is 7.76. The monoisotopic (exact) mass is 329 g/mol. The Labute approximate surface area is 138 Å². The van der Waals surface area contributed by atoms with E-state index in [-0.39, 0.29) is 5.56 Å². The van der Waals surface area contributed by atoms with Crippen molar-refractivity contribution in [3.8, 4) is 0 Å². The lowest BCUT2D eigenvalue weighted by Crippen LogP contribution is -2.26. The average Bonchev–Trinajstić information content (AvgIpc) is 2.95. The van der Waals surface area contributed by atoms with Crippen LogP contribution in [0, 0.1) is 11.6 Å². The number of aryl methyl sites for hydroxylation is 1. The molecule has 0 saturated heterocycles. The van der Waals surface area contributed by atoms with Crippen LogP contribution in [-0.2, 0) is 13.0 Å². The van der Waals surface area contributed by atoms with Crippen LogP contribution in [0.25, 0.3) is 11.0 Å². The zero-order chi connectivity index (χ0) is 17.1. The third-order valence-electron chi connectivity index (χ3n) is 3.91. The normalized spacial score (nSPS) is 11.0. The van der Waals surface area contributed by atoms with Gasteiger partial charge in [0.2, 0.25) is 0 Å². The number of nitrogens with one attached hydrogen (secondary N) is 1. The molecule has 1 amide bonds. The maximum absolute atomic E-state index is 13.6. The molecule has 0 radical (unpaired) electrons. The van der Waals surface area contributed by atoms with E-state index in [2.05, 4.69) is 10.3 Å². The van der Waals surface area contributed by atoms with Gasteiger partial charge in [-0.1, -0.05) is 0 Å². The van der Waals surface area contributed by atoms with Gasteiger partial charge in [-0.15, -0.1) is 0 Å². The van der Waals surface area contributed by atoms with Gasteiger partial charge >= 0.3 is 0 Å². The highest BCUT2D eigenvalue weighted by Crippen LogP contribution is 2.19. The van der Waals surface area contributed by atoms with Crippen molar-refractivity contribution in [2.75, 3.05) is 6.54 Å². The maximum atomic E-state index is 13.6. The van der Waals surface area contributed by atoms with Gasteiger partial charge in [0.15, 0.2) is 0 Å². The highest BCUT2D eigenvalue weighted by molar-refractivity contribution is 5.94. The van der Waals surface area contributed by atoms with E-state index in [9.17, 15) is 13.6 Å². The number of benzene rings is 1. The third-order valence-corrected chi connectivity index (χ3v) is 3.91. The quantitative estimate of drug-likeness (QED) is 0.781. The maximum Gasteiger partial charge on any atom is 0.254 e. The summed E-state index contributed by atoms with van der Waals surface area (Å²) in [6.45, 7) is 3.16. The number of hydrogen-bond acceptors (Lipinski definition) is 2. The Morgan fingerprint density at radius 1 is 1.29 bits per heavy atom. The summed E-state index contributed by atoms with van der Waals surface area (Å²) >= 11 is 0. The van der Waals surface area contributed by atoms with Crippen LogP contribution < -0.4 is 5.32 Å². The Morgan fingerprint density at radius 2 is 2.12 bits per heavy atom. The Hall–Kier alpha value is -2.76. The molecule has 124 valence electrons. The van der Waals surface area contributed by atoms with Crippen LogP contribution in [0.1, 0.15) is 22.8 Å². The Kier molecular flexibility index (Phi) is 4.55. The molecule has 0 spiro atoms. The molecule has 0 bridgehead atoms. The lowest BCUT2D eigenvalue weighted by Gasteiger charge is -2.06. The molecular weight excluding hydrogens is 312 g/mol. The molecule has 3 rings (SSSR count). The first-order chi connectivity index (χ1) is 11.6. The smallest absolute Gasteiger partial charge is 0.254 e. The van der Waals surface area contributed by atoms with E-state index in [1.165, 1.54) is 0 Å². The second-order valence-electron chi connectivity index (χ2n) is 5.44. The van der Waals surface area contributed by atoms with Crippen molar-refractivity contribution >= 4 is 16.9 Å². The molecule has 0 saturated carbocycles.